The molecule has 3 rings (SSSR count). The lowest BCUT2D eigenvalue weighted by Gasteiger charge is -2.29. The Hall–Kier alpha value is -2.63. The van der Waals surface area contributed by atoms with Crippen LogP contribution in [-0.4, -0.2) is 39.4 Å². The molecular weight excluding hydrogens is 412 g/mol. The Morgan fingerprint density at radius 2 is 1.67 bits per heavy atom. The van der Waals surface area contributed by atoms with Gasteiger partial charge in [-0.15, -0.1) is 0 Å². The first-order chi connectivity index (χ1) is 16.0. The molecule has 2 amide bonds. The van der Waals surface area contributed by atoms with E-state index < -0.39 is 0 Å². The molecule has 0 bridgehead atoms. The Morgan fingerprint density at radius 3 is 2.36 bits per heavy atom. The van der Waals surface area contributed by atoms with Gasteiger partial charge in [0.1, 0.15) is 5.82 Å². The average molecular weight is 453 g/mol. The number of hydrogen-bond acceptors (Lipinski definition) is 3. The third kappa shape index (κ3) is 7.44. The lowest BCUT2D eigenvalue weighted by molar-refractivity contribution is -0.132. The summed E-state index contributed by atoms with van der Waals surface area (Å²) < 4.78 is 2.03. The number of aromatic nitrogens is 2. The van der Waals surface area contributed by atoms with Gasteiger partial charge in [-0.3, -0.25) is 9.59 Å². The summed E-state index contributed by atoms with van der Waals surface area (Å²) in [6.45, 7) is 8.83. The molecule has 0 N–H and O–H groups in total. The maximum atomic E-state index is 13.3. The quantitative estimate of drug-likeness (QED) is 0.615. The maximum Gasteiger partial charge on any atom is 0.227 e. The molecule has 2 aromatic rings. The van der Waals surface area contributed by atoms with E-state index in [1.54, 1.807) is 6.20 Å². The molecule has 0 unspecified atom stereocenters. The second kappa shape index (κ2) is 12.6. The Kier molecular flexibility index (Phi) is 9.52. The van der Waals surface area contributed by atoms with Gasteiger partial charge in [-0.2, -0.15) is 0 Å². The number of fused-ring (bicyclic) bond motifs is 1. The van der Waals surface area contributed by atoms with E-state index in [4.69, 9.17) is 0 Å². The van der Waals surface area contributed by atoms with Crippen molar-refractivity contribution < 1.29 is 9.59 Å². The normalized spacial score (nSPS) is 16.0. The van der Waals surface area contributed by atoms with Crippen LogP contribution in [0.5, 0.6) is 0 Å². The van der Waals surface area contributed by atoms with Crippen molar-refractivity contribution >= 4 is 17.5 Å². The summed E-state index contributed by atoms with van der Waals surface area (Å²) >= 11 is 0. The number of aryl methyl sites for hydroxylation is 2. The van der Waals surface area contributed by atoms with Crippen LogP contribution in [0.3, 0.4) is 0 Å². The standard InChI is InChI=1S/C27H40N4O2/c1-22(2)20-27(33)31-17-11-7-5-4-6-10-16-30(21-24-12-8-9-13-25(24)31)26(32)14-18-29-19-15-28-23(29)3/h8-9,12-13,15,19,22H,4-7,10-11,14,16-18,20-21H2,1-3H3. The van der Waals surface area contributed by atoms with Crippen LogP contribution in [0.15, 0.2) is 36.7 Å². The number of nitrogens with zero attached hydrogens (tertiary/aromatic N) is 4. The van der Waals surface area contributed by atoms with Gasteiger partial charge >= 0.3 is 0 Å². The summed E-state index contributed by atoms with van der Waals surface area (Å²) in [6, 6.07) is 8.13. The Labute approximate surface area is 199 Å². The fourth-order valence-electron chi connectivity index (χ4n) is 4.54. The van der Waals surface area contributed by atoms with Crippen LogP contribution < -0.4 is 4.90 Å². The molecule has 0 fully saturated rings. The van der Waals surface area contributed by atoms with Crippen molar-refractivity contribution in [1.29, 1.82) is 0 Å². The molecule has 0 radical (unpaired) electrons. The molecule has 1 aromatic heterocycles. The van der Waals surface area contributed by atoms with Gasteiger partial charge in [0.05, 0.1) is 0 Å². The molecular formula is C27H40N4O2. The zero-order valence-electron chi connectivity index (χ0n) is 20.6. The van der Waals surface area contributed by atoms with Gasteiger partial charge in [0.25, 0.3) is 0 Å². The smallest absolute Gasteiger partial charge is 0.227 e. The van der Waals surface area contributed by atoms with Gasteiger partial charge in [0.15, 0.2) is 0 Å². The highest BCUT2D eigenvalue weighted by Crippen LogP contribution is 2.26. The second-order valence-corrected chi connectivity index (χ2v) is 9.63. The topological polar surface area (TPSA) is 58.4 Å². The molecule has 0 spiro atoms. The SMILES string of the molecule is Cc1nccn1CCC(=O)N1CCCCCCCCN(C(=O)CC(C)C)c2ccccc2C1. The van der Waals surface area contributed by atoms with E-state index in [-0.39, 0.29) is 11.8 Å². The lowest BCUT2D eigenvalue weighted by atomic mass is 10.1. The van der Waals surface area contributed by atoms with Crippen LogP contribution in [0.25, 0.3) is 0 Å². The molecule has 0 saturated carbocycles. The highest BCUT2D eigenvalue weighted by atomic mass is 16.2. The second-order valence-electron chi connectivity index (χ2n) is 9.63. The third-order valence-corrected chi connectivity index (χ3v) is 6.43. The molecule has 1 aliphatic heterocycles. The van der Waals surface area contributed by atoms with Gasteiger partial charge in [0.2, 0.25) is 11.8 Å². The summed E-state index contributed by atoms with van der Waals surface area (Å²) in [6.07, 6.45) is 11.4. The molecule has 0 atom stereocenters. The molecule has 1 aromatic carbocycles. The van der Waals surface area contributed by atoms with Gasteiger partial charge < -0.3 is 14.4 Å². The number of imidazole rings is 1. The van der Waals surface area contributed by atoms with Crippen LogP contribution >= 0.6 is 0 Å². The van der Waals surface area contributed by atoms with E-state index in [1.165, 1.54) is 12.8 Å². The van der Waals surface area contributed by atoms with E-state index in [0.717, 1.165) is 55.8 Å². The number of amides is 2. The summed E-state index contributed by atoms with van der Waals surface area (Å²) in [5, 5.41) is 0. The van der Waals surface area contributed by atoms with E-state index in [0.29, 0.717) is 31.8 Å². The fourth-order valence-corrected chi connectivity index (χ4v) is 4.54. The zero-order chi connectivity index (χ0) is 23.6. The van der Waals surface area contributed by atoms with Crippen LogP contribution in [0.4, 0.5) is 5.69 Å². The van der Waals surface area contributed by atoms with Crippen LogP contribution in [0.1, 0.15) is 76.6 Å². The summed E-state index contributed by atoms with van der Waals surface area (Å²) in [4.78, 5) is 34.7. The predicted octanol–water partition coefficient (Wildman–Crippen LogP) is 5.34. The molecule has 0 saturated heterocycles. The van der Waals surface area contributed by atoms with Crippen molar-refractivity contribution in [3.05, 3.63) is 48.0 Å². The molecule has 0 aliphatic carbocycles. The highest BCUT2D eigenvalue weighted by Gasteiger charge is 2.22. The zero-order valence-corrected chi connectivity index (χ0v) is 20.6. The number of carbonyl (C=O) groups excluding carboxylic acids is 2. The van der Waals surface area contributed by atoms with Crippen LogP contribution in [0, 0.1) is 12.8 Å². The van der Waals surface area contributed by atoms with E-state index in [1.807, 2.05) is 45.7 Å². The Morgan fingerprint density at radius 1 is 0.970 bits per heavy atom. The molecule has 33 heavy (non-hydrogen) atoms. The molecule has 1 aliphatic rings. The third-order valence-electron chi connectivity index (χ3n) is 6.43. The van der Waals surface area contributed by atoms with E-state index in [2.05, 4.69) is 24.9 Å². The van der Waals surface area contributed by atoms with E-state index in [9.17, 15) is 9.59 Å². The average Bonchev–Trinajstić information content (AvgIpc) is 3.20. The largest absolute Gasteiger partial charge is 0.338 e. The van der Waals surface area contributed by atoms with Gasteiger partial charge in [-0.25, -0.2) is 4.98 Å². The molecule has 2 heterocycles. The fraction of sp³-hybridized carbons (Fsp3) is 0.593. The van der Waals surface area contributed by atoms with Gasteiger partial charge in [0, 0.05) is 57.1 Å². The number of carbonyl (C=O) groups is 2. The summed E-state index contributed by atoms with van der Waals surface area (Å²) in [5.74, 6) is 1.59. The van der Waals surface area contributed by atoms with Crippen LogP contribution in [-0.2, 0) is 22.7 Å². The maximum absolute atomic E-state index is 13.3. The summed E-state index contributed by atoms with van der Waals surface area (Å²) in [5.41, 5.74) is 2.02. The first-order valence-corrected chi connectivity index (χ1v) is 12.6. The lowest BCUT2D eigenvalue weighted by Crippen LogP contribution is -2.36. The number of para-hydroxylation sites is 1. The minimum absolute atomic E-state index is 0.160. The first kappa shape index (κ1) is 25.0. The molecule has 6 nitrogen and oxygen atoms in total. The van der Waals surface area contributed by atoms with Crippen molar-refractivity contribution in [3.8, 4) is 0 Å². The summed E-state index contributed by atoms with van der Waals surface area (Å²) in [7, 11) is 0. The van der Waals surface area contributed by atoms with Crippen molar-refractivity contribution in [3.63, 3.8) is 0 Å². The van der Waals surface area contributed by atoms with Crippen molar-refractivity contribution in [2.24, 2.45) is 5.92 Å². The van der Waals surface area contributed by atoms with Crippen LogP contribution in [0.2, 0.25) is 0 Å². The molecule has 6 heteroatoms. The van der Waals surface area contributed by atoms with Crippen molar-refractivity contribution in [2.45, 2.75) is 85.2 Å². The van der Waals surface area contributed by atoms with Crippen molar-refractivity contribution in [1.82, 2.24) is 14.5 Å². The highest BCUT2D eigenvalue weighted by molar-refractivity contribution is 5.94. The first-order valence-electron chi connectivity index (χ1n) is 12.6. The minimum atomic E-state index is 0.160. The van der Waals surface area contributed by atoms with Gasteiger partial charge in [-0.05, 0) is 37.3 Å². The number of rotatable bonds is 5. The van der Waals surface area contributed by atoms with Crippen molar-refractivity contribution in [2.75, 3.05) is 18.0 Å². The Balaban J connectivity index is 1.82. The monoisotopic (exact) mass is 452 g/mol. The van der Waals surface area contributed by atoms with Gasteiger partial charge in [-0.1, -0.05) is 57.7 Å². The number of anilines is 1. The predicted molar refractivity (Wildman–Crippen MR) is 133 cm³/mol. The van der Waals surface area contributed by atoms with E-state index >= 15 is 0 Å². The number of benzene rings is 1. The molecule has 180 valence electrons. The Bertz CT molecular complexity index is 905. The number of hydrogen-bond donors (Lipinski definition) is 0. The minimum Gasteiger partial charge on any atom is -0.338 e.